The Morgan fingerprint density at radius 2 is 2.03 bits per heavy atom. The number of rotatable bonds is 6. The molecule has 3 fully saturated rings. The van der Waals surface area contributed by atoms with Gasteiger partial charge in [0.15, 0.2) is 0 Å². The molecule has 0 N–H and O–H groups in total. The van der Waals surface area contributed by atoms with Gasteiger partial charge in [0.2, 0.25) is 5.91 Å². The van der Waals surface area contributed by atoms with Crippen LogP contribution in [0.4, 0.5) is 0 Å². The third kappa shape index (κ3) is 5.19. The number of likely N-dealkylation sites (N-methyl/N-ethyl adjacent to an activating group) is 1. The molecular formula is C22H37N5O2. The number of hydrogen-bond acceptors (Lipinski definition) is 5. The maximum atomic E-state index is 13.2. The molecule has 29 heavy (non-hydrogen) atoms. The summed E-state index contributed by atoms with van der Waals surface area (Å²) in [6, 6.07) is -0.0436. The lowest BCUT2D eigenvalue weighted by atomic mass is 9.97. The molecule has 1 aromatic heterocycles. The van der Waals surface area contributed by atoms with Gasteiger partial charge >= 0.3 is 0 Å². The highest BCUT2D eigenvalue weighted by Gasteiger charge is 2.41. The summed E-state index contributed by atoms with van der Waals surface area (Å²) in [6.45, 7) is 8.86. The third-order valence-corrected chi connectivity index (χ3v) is 7.04. The van der Waals surface area contributed by atoms with Gasteiger partial charge in [0.25, 0.3) is 0 Å². The van der Waals surface area contributed by atoms with Crippen molar-refractivity contribution in [1.29, 1.82) is 0 Å². The standard InChI is InChI=1S/C22H37N5O2/c1-22(7-8-22)6-5-20(28)27-13-14-29-19(21(27)18-15-23-25(3)16-18)17-26-10-4-9-24(2)11-12-26/h15-16,19,21H,4-14,17H2,1-3H3/t19-,21-/m0/s1. The second-order valence-corrected chi connectivity index (χ2v) is 9.66. The molecule has 162 valence electrons. The lowest BCUT2D eigenvalue weighted by Gasteiger charge is -2.42. The average Bonchev–Trinajstić information content (AvgIpc) is 3.35. The van der Waals surface area contributed by atoms with Gasteiger partial charge < -0.3 is 14.5 Å². The van der Waals surface area contributed by atoms with Crippen LogP contribution in [0.2, 0.25) is 0 Å². The zero-order chi connectivity index (χ0) is 20.4. The molecule has 1 aromatic rings. The zero-order valence-corrected chi connectivity index (χ0v) is 18.3. The first-order chi connectivity index (χ1) is 13.9. The number of aromatic nitrogens is 2. The van der Waals surface area contributed by atoms with Crippen LogP contribution in [0.25, 0.3) is 0 Å². The van der Waals surface area contributed by atoms with Gasteiger partial charge in [-0.1, -0.05) is 6.92 Å². The summed E-state index contributed by atoms with van der Waals surface area (Å²) in [5.41, 5.74) is 1.50. The highest BCUT2D eigenvalue weighted by Crippen LogP contribution is 2.49. The number of carbonyl (C=O) groups excluding carboxylic acids is 1. The topological polar surface area (TPSA) is 53.8 Å². The summed E-state index contributed by atoms with van der Waals surface area (Å²) in [6.07, 6.45) is 9.32. The van der Waals surface area contributed by atoms with E-state index in [9.17, 15) is 4.79 Å². The Morgan fingerprint density at radius 3 is 2.76 bits per heavy atom. The van der Waals surface area contributed by atoms with Crippen molar-refractivity contribution in [3.8, 4) is 0 Å². The summed E-state index contributed by atoms with van der Waals surface area (Å²) >= 11 is 0. The van der Waals surface area contributed by atoms with E-state index in [0.717, 1.165) is 44.7 Å². The molecule has 3 aliphatic rings. The maximum absolute atomic E-state index is 13.2. The molecule has 4 rings (SSSR count). The summed E-state index contributed by atoms with van der Waals surface area (Å²) < 4.78 is 8.11. The number of carbonyl (C=O) groups is 1. The molecule has 2 atom stereocenters. The maximum Gasteiger partial charge on any atom is 0.223 e. The van der Waals surface area contributed by atoms with Crippen LogP contribution in [0.15, 0.2) is 12.4 Å². The molecule has 7 heteroatoms. The minimum atomic E-state index is -0.0436. The van der Waals surface area contributed by atoms with Gasteiger partial charge in [-0.3, -0.25) is 14.4 Å². The van der Waals surface area contributed by atoms with E-state index in [1.807, 2.05) is 24.1 Å². The highest BCUT2D eigenvalue weighted by molar-refractivity contribution is 5.77. The molecule has 1 saturated carbocycles. The summed E-state index contributed by atoms with van der Waals surface area (Å²) in [7, 11) is 4.13. The number of amides is 1. The van der Waals surface area contributed by atoms with Crippen LogP contribution in [0, 0.1) is 5.41 Å². The van der Waals surface area contributed by atoms with E-state index < -0.39 is 0 Å². The van der Waals surface area contributed by atoms with Crippen molar-refractivity contribution in [2.45, 2.75) is 51.2 Å². The van der Waals surface area contributed by atoms with E-state index in [1.54, 1.807) is 0 Å². The van der Waals surface area contributed by atoms with Gasteiger partial charge in [-0.25, -0.2) is 0 Å². The van der Waals surface area contributed by atoms with Gasteiger partial charge in [0.1, 0.15) is 0 Å². The number of aryl methyl sites for hydroxylation is 1. The van der Waals surface area contributed by atoms with Crippen molar-refractivity contribution in [1.82, 2.24) is 24.5 Å². The Morgan fingerprint density at radius 1 is 1.21 bits per heavy atom. The number of ether oxygens (including phenoxy) is 1. The molecule has 2 saturated heterocycles. The normalized spacial score (nSPS) is 28.3. The monoisotopic (exact) mass is 403 g/mol. The Labute approximate surface area is 175 Å². The van der Waals surface area contributed by atoms with Gasteiger partial charge in [0, 0.05) is 51.4 Å². The number of morpholine rings is 1. The SMILES string of the molecule is CN1CCCN(C[C@@H]2OCCN(C(=O)CCC3(C)CC3)[C@H]2c2cnn(C)c2)CC1. The predicted octanol–water partition coefficient (Wildman–Crippen LogP) is 1.91. The smallest absolute Gasteiger partial charge is 0.223 e. The van der Waals surface area contributed by atoms with Crippen LogP contribution in [0.3, 0.4) is 0 Å². The lowest BCUT2D eigenvalue weighted by Crippen LogP contribution is -2.52. The van der Waals surface area contributed by atoms with Gasteiger partial charge in [-0.15, -0.1) is 0 Å². The summed E-state index contributed by atoms with van der Waals surface area (Å²) in [5.74, 6) is 0.274. The quantitative estimate of drug-likeness (QED) is 0.726. The van der Waals surface area contributed by atoms with E-state index in [1.165, 1.54) is 19.3 Å². The molecule has 2 aliphatic heterocycles. The molecule has 1 amide bonds. The minimum Gasteiger partial charge on any atom is -0.373 e. The van der Waals surface area contributed by atoms with Crippen LogP contribution < -0.4 is 0 Å². The van der Waals surface area contributed by atoms with E-state index in [2.05, 4.69) is 33.8 Å². The van der Waals surface area contributed by atoms with Crippen LogP contribution in [0.5, 0.6) is 0 Å². The van der Waals surface area contributed by atoms with E-state index in [-0.39, 0.29) is 18.1 Å². The summed E-state index contributed by atoms with van der Waals surface area (Å²) in [5, 5.41) is 4.39. The van der Waals surface area contributed by atoms with Crippen molar-refractivity contribution in [2.24, 2.45) is 12.5 Å². The molecule has 1 aliphatic carbocycles. The third-order valence-electron chi connectivity index (χ3n) is 7.04. The molecule has 0 spiro atoms. The number of nitrogens with zero attached hydrogens (tertiary/aromatic N) is 5. The van der Waals surface area contributed by atoms with E-state index in [4.69, 9.17) is 4.74 Å². The predicted molar refractivity (Wildman–Crippen MR) is 113 cm³/mol. The van der Waals surface area contributed by atoms with Crippen LogP contribution in [0.1, 0.15) is 50.6 Å². The summed E-state index contributed by atoms with van der Waals surface area (Å²) in [4.78, 5) is 20.2. The van der Waals surface area contributed by atoms with Crippen LogP contribution in [-0.4, -0.2) is 89.4 Å². The highest BCUT2D eigenvalue weighted by atomic mass is 16.5. The fraction of sp³-hybridized carbons (Fsp3) is 0.818. The Hall–Kier alpha value is -1.44. The second kappa shape index (κ2) is 8.74. The first-order valence-electron chi connectivity index (χ1n) is 11.2. The van der Waals surface area contributed by atoms with E-state index >= 15 is 0 Å². The first-order valence-corrected chi connectivity index (χ1v) is 11.2. The van der Waals surface area contributed by atoms with Crippen LogP contribution >= 0.6 is 0 Å². The molecular weight excluding hydrogens is 366 g/mol. The minimum absolute atomic E-state index is 0.00295. The van der Waals surface area contributed by atoms with Crippen molar-refractivity contribution < 1.29 is 9.53 Å². The zero-order valence-electron chi connectivity index (χ0n) is 18.3. The molecule has 3 heterocycles. The van der Waals surface area contributed by atoms with Crippen LogP contribution in [-0.2, 0) is 16.6 Å². The van der Waals surface area contributed by atoms with Gasteiger partial charge in [-0.05, 0) is 51.2 Å². The van der Waals surface area contributed by atoms with Gasteiger partial charge in [0.05, 0.1) is 24.9 Å². The Kier molecular flexibility index (Phi) is 6.27. The molecule has 7 nitrogen and oxygen atoms in total. The van der Waals surface area contributed by atoms with Gasteiger partial charge in [-0.2, -0.15) is 5.10 Å². The Bertz CT molecular complexity index is 701. The van der Waals surface area contributed by atoms with Crippen molar-refractivity contribution >= 4 is 5.91 Å². The first kappa shape index (κ1) is 20.8. The van der Waals surface area contributed by atoms with Crippen molar-refractivity contribution in [3.05, 3.63) is 18.0 Å². The van der Waals surface area contributed by atoms with Crippen molar-refractivity contribution in [3.63, 3.8) is 0 Å². The fourth-order valence-electron chi connectivity index (χ4n) is 4.71. The average molecular weight is 404 g/mol. The molecule has 0 unspecified atom stereocenters. The Balaban J connectivity index is 1.48. The second-order valence-electron chi connectivity index (χ2n) is 9.66. The lowest BCUT2D eigenvalue weighted by molar-refractivity contribution is -0.148. The van der Waals surface area contributed by atoms with E-state index in [0.29, 0.717) is 25.0 Å². The molecule has 0 bridgehead atoms. The van der Waals surface area contributed by atoms with Crippen molar-refractivity contribution in [2.75, 3.05) is 52.9 Å². The number of hydrogen-bond donors (Lipinski definition) is 0. The molecule has 0 aromatic carbocycles. The largest absolute Gasteiger partial charge is 0.373 e. The fourth-order valence-corrected chi connectivity index (χ4v) is 4.71. The molecule has 0 radical (unpaired) electrons.